The van der Waals surface area contributed by atoms with E-state index in [1.807, 2.05) is 0 Å². The van der Waals surface area contributed by atoms with Gasteiger partial charge in [-0.05, 0) is 55.2 Å². The molecule has 0 saturated heterocycles. The summed E-state index contributed by atoms with van der Waals surface area (Å²) in [4.78, 5) is 9.06. The van der Waals surface area contributed by atoms with Crippen molar-refractivity contribution in [3.63, 3.8) is 0 Å². The first-order valence-electron chi connectivity index (χ1n) is 10.3. The minimum absolute atomic E-state index is 0.136. The zero-order valence-corrected chi connectivity index (χ0v) is 17.4. The highest BCUT2D eigenvalue weighted by Crippen LogP contribution is 2.38. The van der Waals surface area contributed by atoms with Crippen LogP contribution in [0.5, 0.6) is 0 Å². The summed E-state index contributed by atoms with van der Waals surface area (Å²) in [6.07, 6.45) is 8.48. The second kappa shape index (κ2) is 7.64. The number of rotatable bonds is 6. The van der Waals surface area contributed by atoms with Gasteiger partial charge in [-0.15, -0.1) is 0 Å². The summed E-state index contributed by atoms with van der Waals surface area (Å²) in [6, 6.07) is 11.1. The van der Waals surface area contributed by atoms with E-state index in [1.165, 1.54) is 11.1 Å². The number of aryl methyl sites for hydroxylation is 1. The molecule has 1 saturated carbocycles. The molecule has 0 amide bonds. The molecule has 9 heteroatoms. The molecule has 5 rings (SSSR count). The van der Waals surface area contributed by atoms with Gasteiger partial charge in [0.25, 0.3) is 0 Å². The number of nitrogens with zero attached hydrogens (tertiary/aromatic N) is 3. The lowest BCUT2D eigenvalue weighted by atomic mass is 10.1. The van der Waals surface area contributed by atoms with Gasteiger partial charge < -0.3 is 9.88 Å². The molecule has 1 aromatic carbocycles. The summed E-state index contributed by atoms with van der Waals surface area (Å²) < 4.78 is 29.1. The summed E-state index contributed by atoms with van der Waals surface area (Å²) in [5.41, 5.74) is 3.64. The third-order valence-electron chi connectivity index (χ3n) is 6.33. The van der Waals surface area contributed by atoms with Crippen molar-refractivity contribution >= 4 is 27.2 Å². The summed E-state index contributed by atoms with van der Waals surface area (Å²) in [6.45, 7) is 0.136. The van der Waals surface area contributed by atoms with Gasteiger partial charge in [-0.2, -0.15) is 8.42 Å². The van der Waals surface area contributed by atoms with Gasteiger partial charge in [0.05, 0.1) is 18.0 Å². The zero-order chi connectivity index (χ0) is 20.7. The molecule has 1 fully saturated rings. The van der Waals surface area contributed by atoms with Crippen LogP contribution < -0.4 is 10.5 Å². The van der Waals surface area contributed by atoms with Crippen LogP contribution in [-0.4, -0.2) is 29.6 Å². The van der Waals surface area contributed by atoms with Crippen LogP contribution in [0.4, 0.5) is 5.82 Å². The van der Waals surface area contributed by atoms with Gasteiger partial charge in [-0.3, -0.25) is 4.18 Å². The SMILES string of the molecule is NS(=O)(=O)OC[C@H]1CC[C@H](n2ccc3c(N[C@@H]4CCc5ccccc54)ncnc32)C1. The summed E-state index contributed by atoms with van der Waals surface area (Å²) in [5, 5.41) is 9.58. The van der Waals surface area contributed by atoms with Crippen LogP contribution in [0.3, 0.4) is 0 Å². The highest BCUT2D eigenvalue weighted by atomic mass is 32.2. The van der Waals surface area contributed by atoms with E-state index in [9.17, 15) is 8.42 Å². The van der Waals surface area contributed by atoms with E-state index in [0.717, 1.165) is 49.0 Å². The van der Waals surface area contributed by atoms with Crippen LogP contribution in [0.25, 0.3) is 11.0 Å². The van der Waals surface area contributed by atoms with Crippen LogP contribution >= 0.6 is 0 Å². The largest absolute Gasteiger partial charge is 0.363 e. The third kappa shape index (κ3) is 3.80. The minimum Gasteiger partial charge on any atom is -0.363 e. The number of aromatic nitrogens is 3. The smallest absolute Gasteiger partial charge is 0.333 e. The number of hydrogen-bond acceptors (Lipinski definition) is 6. The zero-order valence-electron chi connectivity index (χ0n) is 16.6. The lowest BCUT2D eigenvalue weighted by molar-refractivity contribution is 0.253. The van der Waals surface area contributed by atoms with Crippen molar-refractivity contribution < 1.29 is 12.6 Å². The van der Waals surface area contributed by atoms with Gasteiger partial charge in [0.2, 0.25) is 0 Å². The lowest BCUT2D eigenvalue weighted by Crippen LogP contribution is -2.19. The number of benzene rings is 1. The third-order valence-corrected chi connectivity index (χ3v) is 6.79. The van der Waals surface area contributed by atoms with Gasteiger partial charge in [0, 0.05) is 12.2 Å². The minimum atomic E-state index is -3.89. The lowest BCUT2D eigenvalue weighted by Gasteiger charge is -2.17. The molecular formula is C21H25N5O3S. The molecule has 3 atom stereocenters. The average molecular weight is 428 g/mol. The number of hydrogen-bond donors (Lipinski definition) is 2. The molecule has 0 radical (unpaired) electrons. The summed E-state index contributed by atoms with van der Waals surface area (Å²) in [5.74, 6) is 1.02. The van der Waals surface area contributed by atoms with E-state index >= 15 is 0 Å². The molecule has 2 aliphatic carbocycles. The van der Waals surface area contributed by atoms with E-state index in [0.29, 0.717) is 0 Å². The van der Waals surface area contributed by atoms with Crippen molar-refractivity contribution in [3.8, 4) is 0 Å². The maximum Gasteiger partial charge on any atom is 0.333 e. The monoisotopic (exact) mass is 427 g/mol. The molecule has 2 aliphatic rings. The first kappa shape index (κ1) is 19.5. The second-order valence-electron chi connectivity index (χ2n) is 8.23. The van der Waals surface area contributed by atoms with E-state index in [4.69, 9.17) is 9.32 Å². The summed E-state index contributed by atoms with van der Waals surface area (Å²) in [7, 11) is -3.89. The van der Waals surface area contributed by atoms with Crippen LogP contribution in [0.2, 0.25) is 0 Å². The Morgan fingerprint density at radius 1 is 1.17 bits per heavy atom. The Kier molecular flexibility index (Phi) is 4.96. The van der Waals surface area contributed by atoms with Gasteiger partial charge in [0.15, 0.2) is 0 Å². The normalized spacial score (nSPS) is 23.7. The average Bonchev–Trinajstić information content (AvgIpc) is 3.44. The van der Waals surface area contributed by atoms with Crippen molar-refractivity contribution in [2.24, 2.45) is 11.1 Å². The van der Waals surface area contributed by atoms with Gasteiger partial charge in [-0.1, -0.05) is 24.3 Å². The van der Waals surface area contributed by atoms with Crippen molar-refractivity contribution in [2.45, 2.75) is 44.2 Å². The van der Waals surface area contributed by atoms with Gasteiger partial charge in [0.1, 0.15) is 17.8 Å². The molecule has 0 spiro atoms. The van der Waals surface area contributed by atoms with E-state index in [1.54, 1.807) is 6.33 Å². The molecule has 0 aliphatic heterocycles. The van der Waals surface area contributed by atoms with Gasteiger partial charge in [-0.25, -0.2) is 15.1 Å². The number of nitrogens with two attached hydrogens (primary N) is 1. The fourth-order valence-electron chi connectivity index (χ4n) is 4.90. The topological polar surface area (TPSA) is 112 Å². The first-order chi connectivity index (χ1) is 14.5. The molecular weight excluding hydrogens is 402 g/mol. The standard InChI is InChI=1S/C21H25N5O3S/c22-30(27,28)29-12-14-5-7-16(11-14)26-10-9-18-20(23-13-24-21(18)26)25-19-8-6-15-3-1-2-4-17(15)19/h1-4,9-10,13-14,16,19H,5-8,11-12H2,(H2,22,27,28)(H,23,24,25)/t14-,16-,19+/m0/s1. The van der Waals surface area contributed by atoms with E-state index in [2.05, 4.69) is 56.4 Å². The van der Waals surface area contributed by atoms with Gasteiger partial charge >= 0.3 is 10.3 Å². The van der Waals surface area contributed by atoms with E-state index < -0.39 is 10.3 Å². The Labute approximate surface area is 175 Å². The number of anilines is 1. The molecule has 0 unspecified atom stereocenters. The first-order valence-corrected chi connectivity index (χ1v) is 11.8. The van der Waals surface area contributed by atoms with Crippen LogP contribution in [-0.2, 0) is 20.9 Å². The summed E-state index contributed by atoms with van der Waals surface area (Å²) >= 11 is 0. The molecule has 8 nitrogen and oxygen atoms in total. The van der Waals surface area contributed by atoms with Crippen LogP contribution in [0.1, 0.15) is 48.9 Å². The maximum absolute atomic E-state index is 11.1. The van der Waals surface area contributed by atoms with Crippen molar-refractivity contribution in [3.05, 3.63) is 54.0 Å². The van der Waals surface area contributed by atoms with Crippen LogP contribution in [0.15, 0.2) is 42.9 Å². The fraction of sp³-hybridized carbons (Fsp3) is 0.429. The Balaban J connectivity index is 1.35. The number of nitrogens with one attached hydrogen (secondary N) is 1. The van der Waals surface area contributed by atoms with Crippen molar-refractivity contribution in [1.29, 1.82) is 0 Å². The fourth-order valence-corrected chi connectivity index (χ4v) is 5.28. The highest BCUT2D eigenvalue weighted by Gasteiger charge is 2.29. The highest BCUT2D eigenvalue weighted by molar-refractivity contribution is 7.84. The van der Waals surface area contributed by atoms with E-state index in [-0.39, 0.29) is 24.6 Å². The maximum atomic E-state index is 11.1. The molecule has 0 bridgehead atoms. The van der Waals surface area contributed by atoms with Crippen molar-refractivity contribution in [2.75, 3.05) is 11.9 Å². The Hall–Kier alpha value is -2.49. The van der Waals surface area contributed by atoms with Crippen LogP contribution in [0, 0.1) is 5.92 Å². The second-order valence-corrected chi connectivity index (χ2v) is 9.45. The molecule has 158 valence electrons. The predicted octanol–water partition coefficient (Wildman–Crippen LogP) is 3.09. The molecule has 30 heavy (non-hydrogen) atoms. The quantitative estimate of drug-likeness (QED) is 0.625. The molecule has 3 N–H and O–H groups in total. The molecule has 2 aromatic heterocycles. The Bertz CT molecular complexity index is 1180. The molecule has 2 heterocycles. The predicted molar refractivity (Wildman–Crippen MR) is 114 cm³/mol. The van der Waals surface area contributed by atoms with Crippen molar-refractivity contribution in [1.82, 2.24) is 14.5 Å². The Morgan fingerprint density at radius 3 is 2.90 bits per heavy atom. The number of fused-ring (bicyclic) bond motifs is 2. The Morgan fingerprint density at radius 2 is 2.03 bits per heavy atom. The molecule has 3 aromatic rings.